The molecular weight excluding hydrogens is 246 g/mol. The molecule has 1 aromatic carbocycles. The number of para-hydroxylation sites is 1. The molecule has 3 heteroatoms. The molecule has 0 radical (unpaired) electrons. The molecule has 1 aromatic rings. The molecule has 2 rings (SSSR count). The standard InChI is InChI=1S/C15H22ClNO/c1-11-4-2-6-13(10-11)18-15-12(8-9-17)5-3-7-14(15)16/h3,5,7,11,13H,2,4,6,8-10,17H2,1H3. The van der Waals surface area contributed by atoms with Crippen molar-refractivity contribution in [3.8, 4) is 5.75 Å². The van der Waals surface area contributed by atoms with Crippen LogP contribution in [0.15, 0.2) is 18.2 Å². The van der Waals surface area contributed by atoms with Crippen LogP contribution in [0.25, 0.3) is 0 Å². The maximum Gasteiger partial charge on any atom is 0.141 e. The number of ether oxygens (including phenoxy) is 1. The van der Waals surface area contributed by atoms with Gasteiger partial charge in [-0.05, 0) is 49.8 Å². The van der Waals surface area contributed by atoms with Crippen LogP contribution in [0.2, 0.25) is 5.02 Å². The van der Waals surface area contributed by atoms with Crippen LogP contribution in [-0.2, 0) is 6.42 Å². The number of hydrogen-bond donors (Lipinski definition) is 1. The molecule has 2 N–H and O–H groups in total. The predicted octanol–water partition coefficient (Wildman–Crippen LogP) is 3.80. The van der Waals surface area contributed by atoms with Gasteiger partial charge in [0, 0.05) is 0 Å². The minimum absolute atomic E-state index is 0.310. The van der Waals surface area contributed by atoms with E-state index in [9.17, 15) is 0 Å². The molecule has 2 nitrogen and oxygen atoms in total. The van der Waals surface area contributed by atoms with Gasteiger partial charge in [-0.25, -0.2) is 0 Å². The lowest BCUT2D eigenvalue weighted by Gasteiger charge is -2.28. The second-order valence-electron chi connectivity index (χ2n) is 5.28. The minimum atomic E-state index is 0.310. The van der Waals surface area contributed by atoms with E-state index in [1.165, 1.54) is 12.8 Å². The van der Waals surface area contributed by atoms with Gasteiger partial charge in [-0.1, -0.05) is 37.1 Å². The maximum absolute atomic E-state index is 6.25. The van der Waals surface area contributed by atoms with E-state index in [1.807, 2.05) is 12.1 Å². The second-order valence-corrected chi connectivity index (χ2v) is 5.69. The van der Waals surface area contributed by atoms with Gasteiger partial charge in [0.05, 0.1) is 11.1 Å². The highest BCUT2D eigenvalue weighted by Gasteiger charge is 2.22. The summed E-state index contributed by atoms with van der Waals surface area (Å²) in [7, 11) is 0. The smallest absolute Gasteiger partial charge is 0.141 e. The topological polar surface area (TPSA) is 35.2 Å². The number of nitrogens with two attached hydrogens (primary N) is 1. The van der Waals surface area contributed by atoms with Gasteiger partial charge in [-0.2, -0.15) is 0 Å². The first kappa shape index (κ1) is 13.7. The van der Waals surface area contributed by atoms with Crippen molar-refractivity contribution in [2.24, 2.45) is 11.7 Å². The third-order valence-electron chi connectivity index (χ3n) is 3.64. The molecule has 1 aliphatic carbocycles. The largest absolute Gasteiger partial charge is 0.489 e. The predicted molar refractivity (Wildman–Crippen MR) is 76.3 cm³/mol. The SMILES string of the molecule is CC1CCCC(Oc2c(Cl)cccc2CCN)C1. The number of benzene rings is 1. The minimum Gasteiger partial charge on any atom is -0.489 e. The molecule has 0 amide bonds. The fourth-order valence-electron chi connectivity index (χ4n) is 2.69. The zero-order valence-corrected chi connectivity index (χ0v) is 11.7. The average molecular weight is 268 g/mol. The van der Waals surface area contributed by atoms with Crippen LogP contribution in [0.5, 0.6) is 5.75 Å². The number of halogens is 1. The summed E-state index contributed by atoms with van der Waals surface area (Å²) in [4.78, 5) is 0. The molecule has 100 valence electrons. The lowest BCUT2D eigenvalue weighted by molar-refractivity contribution is 0.128. The Morgan fingerprint density at radius 2 is 2.22 bits per heavy atom. The maximum atomic E-state index is 6.25. The Balaban J connectivity index is 2.11. The Hall–Kier alpha value is -0.730. The van der Waals surface area contributed by atoms with E-state index in [4.69, 9.17) is 22.1 Å². The van der Waals surface area contributed by atoms with Crippen molar-refractivity contribution in [1.82, 2.24) is 0 Å². The van der Waals surface area contributed by atoms with Crippen LogP contribution >= 0.6 is 11.6 Å². The molecule has 0 heterocycles. The van der Waals surface area contributed by atoms with Gasteiger partial charge in [0.15, 0.2) is 0 Å². The fraction of sp³-hybridized carbons (Fsp3) is 0.600. The summed E-state index contributed by atoms with van der Waals surface area (Å²) in [5.74, 6) is 1.60. The molecule has 0 bridgehead atoms. The highest BCUT2D eigenvalue weighted by Crippen LogP contribution is 2.33. The van der Waals surface area contributed by atoms with E-state index >= 15 is 0 Å². The molecule has 18 heavy (non-hydrogen) atoms. The van der Waals surface area contributed by atoms with E-state index in [0.29, 0.717) is 17.7 Å². The summed E-state index contributed by atoms with van der Waals surface area (Å²) in [6.07, 6.45) is 5.97. The lowest BCUT2D eigenvalue weighted by Crippen LogP contribution is -2.24. The first-order chi connectivity index (χ1) is 8.70. The van der Waals surface area contributed by atoms with Crippen molar-refractivity contribution < 1.29 is 4.74 Å². The lowest BCUT2D eigenvalue weighted by atomic mass is 9.88. The van der Waals surface area contributed by atoms with Crippen molar-refractivity contribution >= 4 is 11.6 Å². The summed E-state index contributed by atoms with van der Waals surface area (Å²) in [6.45, 7) is 2.92. The van der Waals surface area contributed by atoms with Crippen molar-refractivity contribution in [2.45, 2.75) is 45.1 Å². The summed E-state index contributed by atoms with van der Waals surface area (Å²) in [6, 6.07) is 5.91. The first-order valence-corrected chi connectivity index (χ1v) is 7.22. The van der Waals surface area contributed by atoms with E-state index in [0.717, 1.165) is 36.5 Å². The van der Waals surface area contributed by atoms with Crippen LogP contribution in [0, 0.1) is 5.92 Å². The third-order valence-corrected chi connectivity index (χ3v) is 3.93. The van der Waals surface area contributed by atoms with Crippen LogP contribution in [0.4, 0.5) is 0 Å². The van der Waals surface area contributed by atoms with Gasteiger partial charge >= 0.3 is 0 Å². The van der Waals surface area contributed by atoms with E-state index in [-0.39, 0.29) is 0 Å². The van der Waals surface area contributed by atoms with Crippen molar-refractivity contribution in [2.75, 3.05) is 6.54 Å². The molecule has 1 saturated carbocycles. The van der Waals surface area contributed by atoms with E-state index in [1.54, 1.807) is 0 Å². The summed E-state index contributed by atoms with van der Waals surface area (Å²) in [5, 5.41) is 0.708. The van der Waals surface area contributed by atoms with E-state index in [2.05, 4.69) is 13.0 Å². The quantitative estimate of drug-likeness (QED) is 0.901. The number of rotatable bonds is 4. The van der Waals surface area contributed by atoms with Crippen molar-refractivity contribution in [3.05, 3.63) is 28.8 Å². The zero-order chi connectivity index (χ0) is 13.0. The zero-order valence-electron chi connectivity index (χ0n) is 11.0. The normalized spacial score (nSPS) is 23.9. The molecule has 0 spiro atoms. The summed E-state index contributed by atoms with van der Waals surface area (Å²) < 4.78 is 6.15. The number of hydrogen-bond acceptors (Lipinski definition) is 2. The Bertz CT molecular complexity index is 394. The third kappa shape index (κ3) is 3.39. The Morgan fingerprint density at radius 3 is 2.94 bits per heavy atom. The monoisotopic (exact) mass is 267 g/mol. The van der Waals surface area contributed by atoms with Gasteiger partial charge in [-0.15, -0.1) is 0 Å². The van der Waals surface area contributed by atoms with Gasteiger partial charge in [0.2, 0.25) is 0 Å². The molecule has 1 aliphatic rings. The van der Waals surface area contributed by atoms with Crippen LogP contribution < -0.4 is 10.5 Å². The summed E-state index contributed by atoms with van der Waals surface area (Å²) >= 11 is 6.25. The second kappa shape index (κ2) is 6.44. The Kier molecular flexibility index (Phi) is 4.90. The van der Waals surface area contributed by atoms with Crippen LogP contribution in [0.3, 0.4) is 0 Å². The van der Waals surface area contributed by atoms with Gasteiger partial charge in [0.25, 0.3) is 0 Å². The Morgan fingerprint density at radius 1 is 1.39 bits per heavy atom. The molecule has 0 saturated heterocycles. The van der Waals surface area contributed by atoms with Crippen molar-refractivity contribution in [1.29, 1.82) is 0 Å². The highest BCUT2D eigenvalue weighted by atomic mass is 35.5. The van der Waals surface area contributed by atoms with Gasteiger partial charge in [0.1, 0.15) is 5.75 Å². The molecule has 0 aliphatic heterocycles. The highest BCUT2D eigenvalue weighted by molar-refractivity contribution is 6.32. The molecule has 1 fully saturated rings. The molecular formula is C15H22ClNO. The van der Waals surface area contributed by atoms with Crippen molar-refractivity contribution in [3.63, 3.8) is 0 Å². The van der Waals surface area contributed by atoms with Gasteiger partial charge < -0.3 is 10.5 Å². The average Bonchev–Trinajstić information content (AvgIpc) is 2.34. The Labute approximate surface area is 114 Å². The van der Waals surface area contributed by atoms with Gasteiger partial charge in [-0.3, -0.25) is 0 Å². The first-order valence-electron chi connectivity index (χ1n) is 6.84. The molecule has 2 unspecified atom stereocenters. The van der Waals surface area contributed by atoms with E-state index < -0.39 is 0 Å². The summed E-state index contributed by atoms with van der Waals surface area (Å²) in [5.41, 5.74) is 6.76. The molecule has 0 aromatic heterocycles. The van der Waals surface area contributed by atoms with Crippen LogP contribution in [0.1, 0.15) is 38.2 Å². The van der Waals surface area contributed by atoms with Crippen LogP contribution in [-0.4, -0.2) is 12.6 Å². The fourth-order valence-corrected chi connectivity index (χ4v) is 2.93. The molecule has 2 atom stereocenters.